The SMILES string of the molecule is O=C(NCc1ccsc1)c1ccc(CN2CCN(C34CC5CC(CC(C5)C3)C4)CC2)[nH]c1=O. The molecule has 2 aromatic rings. The van der Waals surface area contributed by atoms with Gasteiger partial charge < -0.3 is 10.3 Å². The van der Waals surface area contributed by atoms with E-state index in [-0.39, 0.29) is 17.0 Å². The zero-order valence-corrected chi connectivity index (χ0v) is 20.0. The number of aromatic nitrogens is 1. The molecule has 33 heavy (non-hydrogen) atoms. The Morgan fingerprint density at radius 2 is 1.73 bits per heavy atom. The Labute approximate surface area is 199 Å². The summed E-state index contributed by atoms with van der Waals surface area (Å²) in [5.41, 5.74) is 2.31. The molecule has 2 aromatic heterocycles. The summed E-state index contributed by atoms with van der Waals surface area (Å²) in [7, 11) is 0. The highest BCUT2D eigenvalue weighted by atomic mass is 32.1. The van der Waals surface area contributed by atoms with Gasteiger partial charge >= 0.3 is 0 Å². The summed E-state index contributed by atoms with van der Waals surface area (Å²) in [6.07, 6.45) is 8.78. The van der Waals surface area contributed by atoms with Crippen molar-refractivity contribution in [3.63, 3.8) is 0 Å². The molecule has 0 unspecified atom stereocenters. The van der Waals surface area contributed by atoms with E-state index in [9.17, 15) is 9.59 Å². The first-order valence-corrected chi connectivity index (χ1v) is 13.5. The molecule has 2 N–H and O–H groups in total. The van der Waals surface area contributed by atoms with Crippen molar-refractivity contribution in [3.8, 4) is 0 Å². The van der Waals surface area contributed by atoms with Crippen LogP contribution in [0.3, 0.4) is 0 Å². The molecule has 0 radical (unpaired) electrons. The van der Waals surface area contributed by atoms with Crippen LogP contribution >= 0.6 is 11.3 Å². The predicted molar refractivity (Wildman–Crippen MR) is 130 cm³/mol. The van der Waals surface area contributed by atoms with Crippen molar-refractivity contribution in [1.82, 2.24) is 20.1 Å². The van der Waals surface area contributed by atoms with Gasteiger partial charge in [0, 0.05) is 50.5 Å². The number of H-pyrrole nitrogens is 1. The Balaban J connectivity index is 1.04. The lowest BCUT2D eigenvalue weighted by atomic mass is 9.52. The molecular formula is C26H34N4O2S. The Morgan fingerprint density at radius 3 is 2.33 bits per heavy atom. The molecule has 5 fully saturated rings. The molecular weight excluding hydrogens is 432 g/mol. The van der Waals surface area contributed by atoms with Gasteiger partial charge in [-0.3, -0.25) is 19.4 Å². The minimum absolute atomic E-state index is 0.181. The molecule has 1 aliphatic heterocycles. The molecule has 1 amide bonds. The normalized spacial score (nSPS) is 31.7. The van der Waals surface area contributed by atoms with Crippen molar-refractivity contribution in [3.05, 3.63) is 56.1 Å². The highest BCUT2D eigenvalue weighted by molar-refractivity contribution is 7.07. The van der Waals surface area contributed by atoms with E-state index in [4.69, 9.17) is 0 Å². The highest BCUT2D eigenvalue weighted by Gasteiger charge is 2.53. The predicted octanol–water partition coefficient (Wildman–Crippen LogP) is 3.45. The quantitative estimate of drug-likeness (QED) is 0.684. The summed E-state index contributed by atoms with van der Waals surface area (Å²) >= 11 is 1.60. The van der Waals surface area contributed by atoms with E-state index < -0.39 is 0 Å². The van der Waals surface area contributed by atoms with Crippen LogP contribution in [0.5, 0.6) is 0 Å². The molecule has 4 bridgehead atoms. The van der Waals surface area contributed by atoms with Gasteiger partial charge in [-0.2, -0.15) is 11.3 Å². The van der Waals surface area contributed by atoms with Crippen LogP contribution in [-0.4, -0.2) is 52.4 Å². The summed E-state index contributed by atoms with van der Waals surface area (Å²) in [6.45, 7) is 5.55. The third-order valence-electron chi connectivity index (χ3n) is 8.69. The Kier molecular flexibility index (Phi) is 5.67. The fourth-order valence-corrected chi connectivity index (χ4v) is 8.20. The fraction of sp³-hybridized carbons (Fsp3) is 0.615. The Morgan fingerprint density at radius 1 is 1.03 bits per heavy atom. The van der Waals surface area contributed by atoms with Crippen LogP contribution in [0.15, 0.2) is 33.8 Å². The minimum atomic E-state index is -0.321. The van der Waals surface area contributed by atoms with Crippen molar-refractivity contribution in [2.75, 3.05) is 26.2 Å². The zero-order valence-electron chi connectivity index (χ0n) is 19.2. The zero-order chi connectivity index (χ0) is 22.4. The lowest BCUT2D eigenvalue weighted by molar-refractivity contribution is -0.102. The van der Waals surface area contributed by atoms with Gasteiger partial charge in [-0.1, -0.05) is 0 Å². The summed E-state index contributed by atoms with van der Waals surface area (Å²) in [5.74, 6) is 2.64. The van der Waals surface area contributed by atoms with Crippen molar-refractivity contribution < 1.29 is 4.79 Å². The molecule has 0 aromatic carbocycles. The van der Waals surface area contributed by atoms with Crippen LogP contribution in [-0.2, 0) is 13.1 Å². The lowest BCUT2D eigenvalue weighted by Crippen LogP contribution is -2.63. The summed E-state index contributed by atoms with van der Waals surface area (Å²) in [4.78, 5) is 33.2. The van der Waals surface area contributed by atoms with E-state index in [1.807, 2.05) is 22.9 Å². The molecule has 1 saturated heterocycles. The maximum atomic E-state index is 12.6. The second-order valence-electron chi connectivity index (χ2n) is 10.9. The van der Waals surface area contributed by atoms with Gasteiger partial charge in [-0.05, 0) is 90.8 Å². The third-order valence-corrected chi connectivity index (χ3v) is 9.42. The molecule has 6 nitrogen and oxygen atoms in total. The average molecular weight is 467 g/mol. The largest absolute Gasteiger partial charge is 0.348 e. The second kappa shape index (κ2) is 8.67. The standard InChI is InChI=1S/C26H34N4O2S/c31-24(27-15-18-3-8-33-17-18)23-2-1-22(28-25(23)32)16-29-4-6-30(7-5-29)26-12-19-9-20(13-26)11-21(10-19)14-26/h1-3,8,17,19-21H,4-7,9-16H2,(H,27,31)(H,28,32). The maximum absolute atomic E-state index is 12.6. The van der Waals surface area contributed by atoms with Gasteiger partial charge in [0.2, 0.25) is 0 Å². The fourth-order valence-electron chi connectivity index (χ4n) is 7.53. The van der Waals surface area contributed by atoms with Crippen LogP contribution in [0.4, 0.5) is 0 Å². The Bertz CT molecular complexity index is 1020. The molecule has 7 rings (SSSR count). The van der Waals surface area contributed by atoms with Gasteiger partial charge in [0.25, 0.3) is 11.5 Å². The molecule has 4 aliphatic carbocycles. The molecule has 3 heterocycles. The van der Waals surface area contributed by atoms with E-state index in [1.54, 1.807) is 17.4 Å². The minimum Gasteiger partial charge on any atom is -0.348 e. The van der Waals surface area contributed by atoms with Gasteiger partial charge in [0.1, 0.15) is 5.56 Å². The second-order valence-corrected chi connectivity index (χ2v) is 11.7. The van der Waals surface area contributed by atoms with Crippen LogP contribution < -0.4 is 10.9 Å². The number of nitrogens with zero attached hydrogens (tertiary/aromatic N) is 2. The number of carbonyl (C=O) groups excluding carboxylic acids is 1. The van der Waals surface area contributed by atoms with Crippen LogP contribution in [0.1, 0.15) is 60.1 Å². The molecule has 176 valence electrons. The number of aromatic amines is 1. The highest BCUT2D eigenvalue weighted by Crippen LogP contribution is 2.57. The van der Waals surface area contributed by atoms with E-state index in [2.05, 4.69) is 20.1 Å². The number of piperazine rings is 1. The number of hydrogen-bond donors (Lipinski definition) is 2. The van der Waals surface area contributed by atoms with E-state index in [1.165, 1.54) is 38.5 Å². The first-order valence-electron chi connectivity index (χ1n) is 12.6. The molecule has 4 saturated carbocycles. The monoisotopic (exact) mass is 466 g/mol. The maximum Gasteiger partial charge on any atom is 0.261 e. The van der Waals surface area contributed by atoms with Crippen LogP contribution in [0.25, 0.3) is 0 Å². The van der Waals surface area contributed by atoms with Crippen molar-refractivity contribution >= 4 is 17.2 Å². The number of pyridine rings is 1. The van der Waals surface area contributed by atoms with Gasteiger partial charge in [-0.25, -0.2) is 0 Å². The van der Waals surface area contributed by atoms with E-state index in [0.717, 1.165) is 61.7 Å². The Hall–Kier alpha value is -1.96. The van der Waals surface area contributed by atoms with E-state index >= 15 is 0 Å². The average Bonchev–Trinajstić information content (AvgIpc) is 3.31. The van der Waals surface area contributed by atoms with Gasteiger partial charge in [0.05, 0.1) is 0 Å². The number of rotatable bonds is 6. The molecule has 5 aliphatic rings. The summed E-state index contributed by atoms with van der Waals surface area (Å²) in [6, 6.07) is 5.54. The first-order chi connectivity index (χ1) is 16.1. The van der Waals surface area contributed by atoms with Crippen molar-refractivity contribution in [2.24, 2.45) is 17.8 Å². The number of nitrogens with one attached hydrogen (secondary N) is 2. The third kappa shape index (κ3) is 4.31. The van der Waals surface area contributed by atoms with Gasteiger partial charge in [0.15, 0.2) is 0 Å². The number of carbonyl (C=O) groups is 1. The van der Waals surface area contributed by atoms with Gasteiger partial charge in [-0.15, -0.1) is 0 Å². The van der Waals surface area contributed by atoms with Crippen LogP contribution in [0.2, 0.25) is 0 Å². The first kappa shape index (κ1) is 21.6. The summed E-state index contributed by atoms with van der Waals surface area (Å²) < 4.78 is 0. The topological polar surface area (TPSA) is 68.4 Å². The van der Waals surface area contributed by atoms with E-state index in [0.29, 0.717) is 12.1 Å². The number of hydrogen-bond acceptors (Lipinski definition) is 5. The number of thiophene rings is 1. The molecule has 7 heteroatoms. The molecule has 0 atom stereocenters. The molecule has 0 spiro atoms. The van der Waals surface area contributed by atoms with Crippen LogP contribution in [0, 0.1) is 17.8 Å². The van der Waals surface area contributed by atoms with Crippen molar-refractivity contribution in [2.45, 2.75) is 57.2 Å². The van der Waals surface area contributed by atoms with Crippen molar-refractivity contribution in [1.29, 1.82) is 0 Å². The lowest BCUT2D eigenvalue weighted by Gasteiger charge is -2.61. The summed E-state index contributed by atoms with van der Waals surface area (Å²) in [5, 5.41) is 6.81. The smallest absolute Gasteiger partial charge is 0.261 e. The number of amides is 1.